The fourth-order valence-electron chi connectivity index (χ4n) is 4.09. The molecule has 0 radical (unpaired) electrons. The monoisotopic (exact) mass is 467 g/mol. The molecule has 1 aromatic heterocycles. The highest BCUT2D eigenvalue weighted by Gasteiger charge is 2.27. The molecular weight excluding hydrogens is 434 g/mol. The number of nitrogens with one attached hydrogen (secondary N) is 2. The maximum atomic E-state index is 12.5. The van der Waals surface area contributed by atoms with Crippen LogP contribution in [0, 0.1) is 0 Å². The largest absolute Gasteiger partial charge is 0.379 e. The Hall–Kier alpha value is -3.24. The summed E-state index contributed by atoms with van der Waals surface area (Å²) in [5.41, 5.74) is 2.08. The van der Waals surface area contributed by atoms with Gasteiger partial charge < -0.3 is 25.2 Å². The van der Waals surface area contributed by atoms with E-state index in [1.807, 2.05) is 12.1 Å². The average molecular weight is 468 g/mol. The van der Waals surface area contributed by atoms with E-state index in [0.717, 1.165) is 44.4 Å². The molecule has 2 amide bonds. The molecule has 1 saturated heterocycles. The second-order valence-electron chi connectivity index (χ2n) is 8.80. The molecule has 10 nitrogen and oxygen atoms in total. The highest BCUT2D eigenvalue weighted by Crippen LogP contribution is 2.32. The van der Waals surface area contributed by atoms with Gasteiger partial charge in [0.25, 0.3) is 5.91 Å². The van der Waals surface area contributed by atoms with E-state index in [1.165, 1.54) is 0 Å². The summed E-state index contributed by atoms with van der Waals surface area (Å²) in [7, 11) is 1.76. The standard InChI is InChI=1S/C24H33N7O3/c1-17(2)31-10-8-21(32)29(3)20-16-26-24(28-22(20)31)27-19-6-4-18(5-7-19)23(33)25-9-11-30-12-14-34-15-13-30/h4-7,16-17H,8-15H2,1-3H3,(H,25,33)(H,26,27,28). The van der Waals surface area contributed by atoms with Gasteiger partial charge in [0.1, 0.15) is 5.69 Å². The Balaban J connectivity index is 1.39. The van der Waals surface area contributed by atoms with Crippen molar-refractivity contribution < 1.29 is 14.3 Å². The number of nitrogens with zero attached hydrogens (tertiary/aromatic N) is 5. The van der Waals surface area contributed by atoms with Gasteiger partial charge in [-0.2, -0.15) is 4.98 Å². The lowest BCUT2D eigenvalue weighted by molar-refractivity contribution is -0.118. The van der Waals surface area contributed by atoms with Crippen LogP contribution in [0.2, 0.25) is 0 Å². The molecular formula is C24H33N7O3. The van der Waals surface area contributed by atoms with Gasteiger partial charge in [-0.15, -0.1) is 0 Å². The molecule has 1 aromatic carbocycles. The van der Waals surface area contributed by atoms with Crippen molar-refractivity contribution in [2.24, 2.45) is 0 Å². The second kappa shape index (κ2) is 10.8. The topological polar surface area (TPSA) is 103 Å². The van der Waals surface area contributed by atoms with Gasteiger partial charge >= 0.3 is 0 Å². The SMILES string of the molecule is CC(C)N1CCC(=O)N(C)c2cnc(Nc3ccc(C(=O)NCCN4CCOCC4)cc3)nc21. The van der Waals surface area contributed by atoms with Crippen LogP contribution >= 0.6 is 0 Å². The van der Waals surface area contributed by atoms with Crippen molar-refractivity contribution in [3.8, 4) is 0 Å². The van der Waals surface area contributed by atoms with Crippen LogP contribution in [0.3, 0.4) is 0 Å². The molecule has 1 fully saturated rings. The maximum Gasteiger partial charge on any atom is 0.251 e. The van der Waals surface area contributed by atoms with E-state index in [1.54, 1.807) is 30.3 Å². The molecule has 34 heavy (non-hydrogen) atoms. The molecule has 0 aliphatic carbocycles. The van der Waals surface area contributed by atoms with Crippen molar-refractivity contribution in [2.45, 2.75) is 26.3 Å². The summed E-state index contributed by atoms with van der Waals surface area (Å²) < 4.78 is 5.35. The lowest BCUT2D eigenvalue weighted by Crippen LogP contribution is -2.41. The van der Waals surface area contributed by atoms with E-state index in [4.69, 9.17) is 9.72 Å². The summed E-state index contributed by atoms with van der Waals surface area (Å²) >= 11 is 0. The van der Waals surface area contributed by atoms with Crippen molar-refractivity contribution in [3.63, 3.8) is 0 Å². The van der Waals surface area contributed by atoms with Crippen molar-refractivity contribution in [1.29, 1.82) is 0 Å². The van der Waals surface area contributed by atoms with Crippen LogP contribution in [0.15, 0.2) is 30.5 Å². The number of fused-ring (bicyclic) bond motifs is 1. The highest BCUT2D eigenvalue weighted by atomic mass is 16.5. The molecule has 3 heterocycles. The lowest BCUT2D eigenvalue weighted by atomic mass is 10.2. The molecule has 0 unspecified atom stereocenters. The minimum Gasteiger partial charge on any atom is -0.379 e. The first-order chi connectivity index (χ1) is 16.4. The fourth-order valence-corrected chi connectivity index (χ4v) is 4.09. The van der Waals surface area contributed by atoms with Gasteiger partial charge in [-0.1, -0.05) is 0 Å². The third kappa shape index (κ3) is 5.63. The predicted molar refractivity (Wildman–Crippen MR) is 132 cm³/mol. The van der Waals surface area contributed by atoms with Gasteiger partial charge in [0.2, 0.25) is 11.9 Å². The number of benzene rings is 1. The number of aromatic nitrogens is 2. The number of amides is 2. The zero-order chi connectivity index (χ0) is 24.1. The molecule has 0 bridgehead atoms. The number of rotatable bonds is 7. The summed E-state index contributed by atoms with van der Waals surface area (Å²) in [5.74, 6) is 1.13. The summed E-state index contributed by atoms with van der Waals surface area (Å²) in [5, 5.41) is 6.18. The van der Waals surface area contributed by atoms with Crippen LogP contribution in [0.4, 0.5) is 23.1 Å². The van der Waals surface area contributed by atoms with Crippen LogP contribution in [0.25, 0.3) is 0 Å². The Kier molecular flexibility index (Phi) is 7.59. The molecule has 2 aliphatic rings. The third-order valence-electron chi connectivity index (χ3n) is 6.17. The quantitative estimate of drug-likeness (QED) is 0.636. The van der Waals surface area contributed by atoms with Gasteiger partial charge in [0.15, 0.2) is 5.82 Å². The van der Waals surface area contributed by atoms with Crippen molar-refractivity contribution in [2.75, 3.05) is 68.1 Å². The molecule has 2 aliphatic heterocycles. The van der Waals surface area contributed by atoms with Crippen LogP contribution < -0.4 is 20.4 Å². The van der Waals surface area contributed by atoms with Crippen LogP contribution in [-0.2, 0) is 9.53 Å². The summed E-state index contributed by atoms with van der Waals surface area (Å²) in [6, 6.07) is 7.43. The van der Waals surface area contributed by atoms with Gasteiger partial charge in [-0.25, -0.2) is 4.98 Å². The van der Waals surface area contributed by atoms with Crippen molar-refractivity contribution in [1.82, 2.24) is 20.2 Å². The molecule has 2 aromatic rings. The number of carbonyl (C=O) groups excluding carboxylic acids is 2. The molecule has 10 heteroatoms. The Morgan fingerprint density at radius 2 is 1.88 bits per heavy atom. The minimum atomic E-state index is -0.0960. The van der Waals surface area contributed by atoms with Gasteiger partial charge in [-0.05, 0) is 38.1 Å². The Morgan fingerprint density at radius 3 is 2.59 bits per heavy atom. The number of anilines is 4. The first-order valence-electron chi connectivity index (χ1n) is 11.8. The van der Waals surface area contributed by atoms with Crippen molar-refractivity contribution in [3.05, 3.63) is 36.0 Å². The zero-order valence-electron chi connectivity index (χ0n) is 20.1. The van der Waals surface area contributed by atoms with Gasteiger partial charge in [-0.3, -0.25) is 14.5 Å². The minimum absolute atomic E-state index is 0.0486. The number of carbonyl (C=O) groups is 2. The molecule has 0 atom stereocenters. The average Bonchev–Trinajstić information content (AvgIpc) is 2.96. The normalized spacial score (nSPS) is 16.9. The van der Waals surface area contributed by atoms with Gasteiger partial charge in [0, 0.05) is 63.5 Å². The molecule has 182 valence electrons. The van der Waals surface area contributed by atoms with Crippen LogP contribution in [-0.4, -0.2) is 85.7 Å². The van der Waals surface area contributed by atoms with Gasteiger partial charge in [0.05, 0.1) is 19.4 Å². The molecule has 0 saturated carbocycles. The lowest BCUT2D eigenvalue weighted by Gasteiger charge is -2.27. The van der Waals surface area contributed by atoms with E-state index >= 15 is 0 Å². The maximum absolute atomic E-state index is 12.5. The van der Waals surface area contributed by atoms with E-state index in [0.29, 0.717) is 36.7 Å². The molecule has 4 rings (SSSR count). The zero-order valence-corrected chi connectivity index (χ0v) is 20.1. The van der Waals surface area contributed by atoms with Crippen molar-refractivity contribution >= 4 is 35.0 Å². The summed E-state index contributed by atoms with van der Waals surface area (Å²) in [6.07, 6.45) is 2.11. The molecule has 2 N–H and O–H groups in total. The highest BCUT2D eigenvalue weighted by molar-refractivity contribution is 5.97. The Morgan fingerprint density at radius 1 is 1.15 bits per heavy atom. The Labute approximate surface area is 200 Å². The van der Waals surface area contributed by atoms with E-state index in [-0.39, 0.29) is 17.9 Å². The number of hydrogen-bond donors (Lipinski definition) is 2. The third-order valence-corrected chi connectivity index (χ3v) is 6.17. The van der Waals surface area contributed by atoms with Crippen LogP contribution in [0.1, 0.15) is 30.6 Å². The van der Waals surface area contributed by atoms with E-state index < -0.39 is 0 Å². The first-order valence-corrected chi connectivity index (χ1v) is 11.8. The summed E-state index contributed by atoms with van der Waals surface area (Å²) in [6.45, 7) is 9.51. The first kappa shape index (κ1) is 23.9. The predicted octanol–water partition coefficient (Wildman–Crippen LogP) is 1.86. The van der Waals surface area contributed by atoms with Crippen LogP contribution in [0.5, 0.6) is 0 Å². The molecule has 0 spiro atoms. The number of ether oxygens (including phenoxy) is 1. The smallest absolute Gasteiger partial charge is 0.251 e. The second-order valence-corrected chi connectivity index (χ2v) is 8.80. The summed E-state index contributed by atoms with van der Waals surface area (Å²) in [4.78, 5) is 40.0. The number of hydrogen-bond acceptors (Lipinski definition) is 8. The Bertz CT molecular complexity index is 1010. The fraction of sp³-hybridized carbons (Fsp3) is 0.500. The van der Waals surface area contributed by atoms with E-state index in [2.05, 4.69) is 39.3 Å². The number of morpholine rings is 1. The van der Waals surface area contributed by atoms with E-state index in [9.17, 15) is 9.59 Å².